The number of nitrogens with one attached hydrogen (secondary N) is 1. The maximum atomic E-state index is 13.0. The van der Waals surface area contributed by atoms with Crippen molar-refractivity contribution >= 4 is 46.0 Å². The quantitative estimate of drug-likeness (QED) is 0.156. The molecule has 0 unspecified atom stereocenters. The largest absolute Gasteiger partial charge is 0.422 e. The van der Waals surface area contributed by atoms with Gasteiger partial charge >= 0.3 is 5.97 Å². The van der Waals surface area contributed by atoms with Gasteiger partial charge in [-0.25, -0.2) is 4.79 Å². The molecule has 1 amide bonds. The average molecular weight is 467 g/mol. The maximum absolute atomic E-state index is 13.0. The molecule has 6 heteroatoms. The van der Waals surface area contributed by atoms with Crippen molar-refractivity contribution < 1.29 is 14.3 Å². The number of nitriles is 1. The summed E-state index contributed by atoms with van der Waals surface area (Å²) < 4.78 is 5.68. The number of para-hydroxylation sites is 2. The number of aryl methyl sites for hydroxylation is 1. The summed E-state index contributed by atoms with van der Waals surface area (Å²) in [6, 6.07) is 26.8. The summed E-state index contributed by atoms with van der Waals surface area (Å²) in [4.78, 5) is 25.8. The third-order valence-electron chi connectivity index (χ3n) is 5.26. The van der Waals surface area contributed by atoms with E-state index in [1.165, 1.54) is 6.08 Å². The van der Waals surface area contributed by atoms with Crippen molar-refractivity contribution in [2.75, 3.05) is 5.32 Å². The van der Waals surface area contributed by atoms with Gasteiger partial charge in [0.1, 0.15) is 17.4 Å². The number of esters is 1. The van der Waals surface area contributed by atoms with Crippen LogP contribution in [0.25, 0.3) is 16.8 Å². The standard InChI is InChI=1S/C28H19ClN2O3/c1-18-8-6-14-24(29)26(18)31-27(32)21(17-30)16-20-10-3-5-15-25(20)34-28(33)23-13-7-11-19-9-2-4-12-22(19)23/h2-16H,1H3,(H,31,32)/b21-16+. The van der Waals surface area contributed by atoms with Crippen LogP contribution in [0.2, 0.25) is 5.02 Å². The highest BCUT2D eigenvalue weighted by atomic mass is 35.5. The summed E-state index contributed by atoms with van der Waals surface area (Å²) in [5, 5.41) is 14.4. The summed E-state index contributed by atoms with van der Waals surface area (Å²) in [7, 11) is 0. The molecule has 4 aromatic carbocycles. The second-order valence-electron chi connectivity index (χ2n) is 7.51. The Bertz CT molecular complexity index is 1460. The molecule has 34 heavy (non-hydrogen) atoms. The molecule has 0 aliphatic carbocycles. The first-order valence-electron chi connectivity index (χ1n) is 10.4. The molecular weight excluding hydrogens is 448 g/mol. The topological polar surface area (TPSA) is 79.2 Å². The molecule has 0 saturated carbocycles. The maximum Gasteiger partial charge on any atom is 0.344 e. The highest BCUT2D eigenvalue weighted by Crippen LogP contribution is 2.27. The molecule has 0 aliphatic heterocycles. The van der Waals surface area contributed by atoms with Gasteiger partial charge in [-0.2, -0.15) is 5.26 Å². The van der Waals surface area contributed by atoms with E-state index in [1.807, 2.05) is 36.4 Å². The van der Waals surface area contributed by atoms with E-state index < -0.39 is 11.9 Å². The molecule has 0 radical (unpaired) electrons. The number of hydrogen-bond donors (Lipinski definition) is 1. The molecule has 0 bridgehead atoms. The van der Waals surface area contributed by atoms with E-state index in [-0.39, 0.29) is 11.3 Å². The lowest BCUT2D eigenvalue weighted by atomic mass is 10.0. The Morgan fingerprint density at radius 1 is 0.941 bits per heavy atom. The van der Waals surface area contributed by atoms with Gasteiger partial charge in [-0.15, -0.1) is 0 Å². The number of halogens is 1. The zero-order valence-electron chi connectivity index (χ0n) is 18.2. The van der Waals surface area contributed by atoms with Gasteiger partial charge in [0.2, 0.25) is 0 Å². The minimum atomic E-state index is -0.617. The van der Waals surface area contributed by atoms with Crippen molar-refractivity contribution in [1.82, 2.24) is 0 Å². The first-order chi connectivity index (χ1) is 16.5. The van der Waals surface area contributed by atoms with Gasteiger partial charge in [-0.3, -0.25) is 4.79 Å². The normalized spacial score (nSPS) is 11.0. The number of benzene rings is 4. The lowest BCUT2D eigenvalue weighted by molar-refractivity contribution is -0.112. The van der Waals surface area contributed by atoms with E-state index in [0.29, 0.717) is 21.8 Å². The first-order valence-corrected chi connectivity index (χ1v) is 10.8. The zero-order chi connectivity index (χ0) is 24.1. The number of rotatable bonds is 5. The van der Waals surface area contributed by atoms with Crippen LogP contribution in [-0.2, 0) is 4.79 Å². The van der Waals surface area contributed by atoms with Crippen molar-refractivity contribution in [2.24, 2.45) is 0 Å². The Balaban J connectivity index is 1.63. The Morgan fingerprint density at radius 2 is 1.65 bits per heavy atom. The Labute approximate surface area is 201 Å². The average Bonchev–Trinajstić information content (AvgIpc) is 2.85. The highest BCUT2D eigenvalue weighted by molar-refractivity contribution is 6.34. The third-order valence-corrected chi connectivity index (χ3v) is 5.57. The van der Waals surface area contributed by atoms with Gasteiger partial charge in [0.05, 0.1) is 16.3 Å². The molecule has 4 rings (SSSR count). The lowest BCUT2D eigenvalue weighted by Crippen LogP contribution is -2.15. The fraction of sp³-hybridized carbons (Fsp3) is 0.0357. The molecular formula is C28H19ClN2O3. The number of carbonyl (C=O) groups is 2. The summed E-state index contributed by atoms with van der Waals surface area (Å²) in [5.74, 6) is -0.920. The van der Waals surface area contributed by atoms with Crippen molar-refractivity contribution in [1.29, 1.82) is 5.26 Å². The molecule has 0 fully saturated rings. The smallest absolute Gasteiger partial charge is 0.344 e. The predicted molar refractivity (Wildman–Crippen MR) is 134 cm³/mol. The monoisotopic (exact) mass is 466 g/mol. The van der Waals surface area contributed by atoms with Crippen LogP contribution < -0.4 is 10.1 Å². The highest BCUT2D eigenvalue weighted by Gasteiger charge is 2.17. The van der Waals surface area contributed by atoms with Crippen molar-refractivity contribution in [2.45, 2.75) is 6.92 Å². The third kappa shape index (κ3) is 4.83. The molecule has 4 aromatic rings. The summed E-state index contributed by atoms with van der Waals surface area (Å²) in [5.41, 5.74) is 1.88. The van der Waals surface area contributed by atoms with E-state index in [2.05, 4.69) is 5.32 Å². The lowest BCUT2D eigenvalue weighted by Gasteiger charge is -2.11. The molecule has 0 aliphatic rings. The summed E-state index contributed by atoms with van der Waals surface area (Å²) in [6.07, 6.45) is 1.38. The minimum absolute atomic E-state index is 0.159. The van der Waals surface area contributed by atoms with Crippen molar-refractivity contribution in [3.05, 3.63) is 112 Å². The van der Waals surface area contributed by atoms with Gasteiger partial charge in [0, 0.05) is 5.56 Å². The zero-order valence-corrected chi connectivity index (χ0v) is 19.0. The van der Waals surface area contributed by atoms with Crippen LogP contribution in [0.4, 0.5) is 5.69 Å². The molecule has 166 valence electrons. The number of nitrogens with zero attached hydrogens (tertiary/aromatic N) is 1. The van der Waals surface area contributed by atoms with E-state index in [1.54, 1.807) is 61.5 Å². The van der Waals surface area contributed by atoms with Gasteiger partial charge < -0.3 is 10.1 Å². The Hall–Kier alpha value is -4.40. The van der Waals surface area contributed by atoms with Crippen LogP contribution in [0.1, 0.15) is 21.5 Å². The molecule has 5 nitrogen and oxygen atoms in total. The summed E-state index contributed by atoms with van der Waals surface area (Å²) in [6.45, 7) is 1.80. The number of ether oxygens (including phenoxy) is 1. The van der Waals surface area contributed by atoms with E-state index in [0.717, 1.165) is 16.3 Å². The van der Waals surface area contributed by atoms with Crippen LogP contribution in [0.5, 0.6) is 5.75 Å². The predicted octanol–water partition coefficient (Wildman–Crippen LogP) is 6.57. The molecule has 0 spiro atoms. The fourth-order valence-corrected chi connectivity index (χ4v) is 3.80. The minimum Gasteiger partial charge on any atom is -0.422 e. The molecule has 0 atom stereocenters. The van der Waals surface area contributed by atoms with Gasteiger partial charge in [0.25, 0.3) is 5.91 Å². The van der Waals surface area contributed by atoms with Crippen molar-refractivity contribution in [3.63, 3.8) is 0 Å². The number of fused-ring (bicyclic) bond motifs is 1. The fourth-order valence-electron chi connectivity index (χ4n) is 3.53. The molecule has 0 heterocycles. The van der Waals surface area contributed by atoms with Crippen molar-refractivity contribution in [3.8, 4) is 11.8 Å². The second kappa shape index (κ2) is 10.0. The van der Waals surface area contributed by atoms with Gasteiger partial charge in [-0.1, -0.05) is 78.3 Å². The Kier molecular flexibility index (Phi) is 6.72. The van der Waals surface area contributed by atoms with Gasteiger partial charge in [0.15, 0.2) is 0 Å². The SMILES string of the molecule is Cc1cccc(Cl)c1NC(=O)/C(C#N)=C/c1ccccc1OC(=O)c1cccc2ccccc12. The number of carbonyl (C=O) groups excluding carboxylic acids is 2. The van der Waals surface area contributed by atoms with Crippen LogP contribution >= 0.6 is 11.6 Å². The first kappa shape index (κ1) is 22.8. The number of anilines is 1. The molecule has 0 aromatic heterocycles. The number of amides is 1. The molecule has 0 saturated heterocycles. The van der Waals surface area contributed by atoms with E-state index in [9.17, 15) is 14.9 Å². The van der Waals surface area contributed by atoms with Crippen LogP contribution in [0.15, 0.2) is 90.5 Å². The number of hydrogen-bond acceptors (Lipinski definition) is 4. The molecule has 1 N–H and O–H groups in total. The summed E-state index contributed by atoms with van der Waals surface area (Å²) >= 11 is 6.19. The second-order valence-corrected chi connectivity index (χ2v) is 7.92. The van der Waals surface area contributed by atoms with Crippen LogP contribution in [-0.4, -0.2) is 11.9 Å². The van der Waals surface area contributed by atoms with E-state index in [4.69, 9.17) is 16.3 Å². The van der Waals surface area contributed by atoms with Gasteiger partial charge in [-0.05, 0) is 47.5 Å². The van der Waals surface area contributed by atoms with Crippen LogP contribution in [0.3, 0.4) is 0 Å². The van der Waals surface area contributed by atoms with Crippen LogP contribution in [0, 0.1) is 18.3 Å². The Morgan fingerprint density at radius 3 is 2.44 bits per heavy atom. The van der Waals surface area contributed by atoms with E-state index >= 15 is 0 Å².